The molecule has 1 aromatic rings. The van der Waals surface area contributed by atoms with E-state index in [-0.39, 0.29) is 12.0 Å². The van der Waals surface area contributed by atoms with Gasteiger partial charge in [-0.2, -0.15) is 0 Å². The summed E-state index contributed by atoms with van der Waals surface area (Å²) in [7, 11) is 0. The lowest BCUT2D eigenvalue weighted by Gasteiger charge is -2.24. The van der Waals surface area contributed by atoms with E-state index in [4.69, 9.17) is 9.47 Å². The first-order chi connectivity index (χ1) is 10.4. The second-order valence-corrected chi connectivity index (χ2v) is 6.41. The van der Waals surface area contributed by atoms with Crippen LogP contribution in [0.15, 0.2) is 18.3 Å². The molecule has 0 N–H and O–H groups in total. The number of aldehydes is 1. The summed E-state index contributed by atoms with van der Waals surface area (Å²) in [4.78, 5) is 28.6. The third-order valence-corrected chi connectivity index (χ3v) is 3.32. The number of nitrogens with zero attached hydrogens (tertiary/aromatic N) is 2. The Morgan fingerprint density at radius 2 is 2.27 bits per heavy atom. The van der Waals surface area contributed by atoms with Crippen molar-refractivity contribution in [2.75, 3.05) is 19.7 Å². The molecule has 1 fully saturated rings. The van der Waals surface area contributed by atoms with Crippen molar-refractivity contribution in [1.29, 1.82) is 0 Å². The van der Waals surface area contributed by atoms with Gasteiger partial charge in [-0.3, -0.25) is 4.79 Å². The van der Waals surface area contributed by atoms with Gasteiger partial charge in [-0.1, -0.05) is 0 Å². The van der Waals surface area contributed by atoms with Gasteiger partial charge >= 0.3 is 6.09 Å². The minimum absolute atomic E-state index is 0.217. The van der Waals surface area contributed by atoms with Crippen LogP contribution in [0.5, 0.6) is 5.88 Å². The molecule has 1 saturated heterocycles. The van der Waals surface area contributed by atoms with Gasteiger partial charge in [-0.25, -0.2) is 9.78 Å². The minimum Gasteiger partial charge on any atom is -0.477 e. The van der Waals surface area contributed by atoms with Gasteiger partial charge in [0.2, 0.25) is 5.88 Å². The number of hydrogen-bond acceptors (Lipinski definition) is 5. The fourth-order valence-electron chi connectivity index (χ4n) is 2.27. The number of amides is 1. The highest BCUT2D eigenvalue weighted by Gasteiger charge is 2.30. The van der Waals surface area contributed by atoms with E-state index in [9.17, 15) is 9.59 Å². The van der Waals surface area contributed by atoms with Gasteiger partial charge in [-0.15, -0.1) is 0 Å². The number of aromatic nitrogens is 1. The Labute approximate surface area is 130 Å². The van der Waals surface area contributed by atoms with Crippen LogP contribution < -0.4 is 4.74 Å². The Bertz CT molecular complexity index is 539. The summed E-state index contributed by atoms with van der Waals surface area (Å²) < 4.78 is 11.0. The van der Waals surface area contributed by atoms with E-state index in [0.29, 0.717) is 31.1 Å². The van der Waals surface area contributed by atoms with Crippen molar-refractivity contribution in [1.82, 2.24) is 9.88 Å². The molecule has 22 heavy (non-hydrogen) atoms. The highest BCUT2D eigenvalue weighted by molar-refractivity contribution is 5.77. The Balaban J connectivity index is 1.84. The molecule has 6 heteroatoms. The van der Waals surface area contributed by atoms with Crippen LogP contribution in [-0.4, -0.2) is 47.6 Å². The van der Waals surface area contributed by atoms with E-state index in [2.05, 4.69) is 4.98 Å². The molecule has 0 radical (unpaired) electrons. The quantitative estimate of drug-likeness (QED) is 0.800. The third kappa shape index (κ3) is 4.44. The molecular weight excluding hydrogens is 284 g/mol. The average molecular weight is 306 g/mol. The van der Waals surface area contributed by atoms with Crippen molar-refractivity contribution in [3.05, 3.63) is 23.9 Å². The molecule has 1 atom stereocenters. The second kappa shape index (κ2) is 6.77. The topological polar surface area (TPSA) is 68.7 Å². The summed E-state index contributed by atoms with van der Waals surface area (Å²) in [5.41, 5.74) is -0.0529. The lowest BCUT2D eigenvalue weighted by molar-refractivity contribution is 0.0284. The molecular formula is C16H22N2O4. The van der Waals surface area contributed by atoms with Gasteiger partial charge in [0.1, 0.15) is 5.60 Å². The van der Waals surface area contributed by atoms with Crippen molar-refractivity contribution in [3.63, 3.8) is 0 Å². The fourth-order valence-corrected chi connectivity index (χ4v) is 2.27. The SMILES string of the molecule is CC(C)(C)OC(=O)N1CCC(COc2ncccc2C=O)C1. The van der Waals surface area contributed by atoms with Crippen LogP contribution in [0.4, 0.5) is 4.79 Å². The normalized spacial score (nSPS) is 18.1. The van der Waals surface area contributed by atoms with Crippen LogP contribution in [0.2, 0.25) is 0 Å². The first-order valence-corrected chi connectivity index (χ1v) is 7.40. The van der Waals surface area contributed by atoms with Gasteiger partial charge in [0, 0.05) is 25.2 Å². The summed E-state index contributed by atoms with van der Waals surface area (Å²) in [6, 6.07) is 3.35. The molecule has 1 aliphatic heterocycles. The van der Waals surface area contributed by atoms with E-state index < -0.39 is 5.60 Å². The minimum atomic E-state index is -0.488. The highest BCUT2D eigenvalue weighted by atomic mass is 16.6. The van der Waals surface area contributed by atoms with Crippen LogP contribution in [0, 0.1) is 5.92 Å². The van der Waals surface area contributed by atoms with Crippen molar-refractivity contribution < 1.29 is 19.1 Å². The van der Waals surface area contributed by atoms with Crippen LogP contribution in [0.1, 0.15) is 37.6 Å². The van der Waals surface area contributed by atoms with Crippen LogP contribution in [0.25, 0.3) is 0 Å². The average Bonchev–Trinajstić information content (AvgIpc) is 2.92. The van der Waals surface area contributed by atoms with E-state index in [1.165, 1.54) is 0 Å². The molecule has 1 aromatic heterocycles. The summed E-state index contributed by atoms with van der Waals surface area (Å²) >= 11 is 0. The third-order valence-electron chi connectivity index (χ3n) is 3.32. The summed E-state index contributed by atoms with van der Waals surface area (Å²) in [5.74, 6) is 0.558. The highest BCUT2D eigenvalue weighted by Crippen LogP contribution is 2.21. The Kier molecular flexibility index (Phi) is 5.00. The molecule has 1 unspecified atom stereocenters. The molecule has 0 bridgehead atoms. The summed E-state index contributed by atoms with van der Waals surface area (Å²) in [6.45, 7) is 7.23. The van der Waals surface area contributed by atoms with Gasteiger partial charge in [-0.05, 0) is 39.3 Å². The van der Waals surface area contributed by atoms with E-state index in [1.807, 2.05) is 20.8 Å². The molecule has 2 heterocycles. The number of pyridine rings is 1. The molecule has 1 aliphatic rings. The Morgan fingerprint density at radius 3 is 2.95 bits per heavy atom. The zero-order valence-corrected chi connectivity index (χ0v) is 13.2. The van der Waals surface area contributed by atoms with E-state index >= 15 is 0 Å². The smallest absolute Gasteiger partial charge is 0.410 e. The number of likely N-dealkylation sites (tertiary alicyclic amines) is 1. The standard InChI is InChI=1S/C16H22N2O4/c1-16(2,3)22-15(20)18-8-6-12(9-18)11-21-14-13(10-19)5-4-7-17-14/h4-5,7,10,12H,6,8-9,11H2,1-3H3. The number of carbonyl (C=O) groups excluding carboxylic acids is 2. The number of carbonyl (C=O) groups is 2. The summed E-state index contributed by atoms with van der Waals surface area (Å²) in [5, 5.41) is 0. The first-order valence-electron chi connectivity index (χ1n) is 7.40. The molecule has 6 nitrogen and oxygen atoms in total. The zero-order valence-electron chi connectivity index (χ0n) is 13.2. The number of rotatable bonds is 4. The first kappa shape index (κ1) is 16.3. The zero-order chi connectivity index (χ0) is 16.2. The van der Waals surface area contributed by atoms with Crippen LogP contribution in [-0.2, 0) is 4.74 Å². The predicted molar refractivity (Wildman–Crippen MR) is 81.0 cm³/mol. The van der Waals surface area contributed by atoms with Crippen molar-refractivity contribution in [2.24, 2.45) is 5.92 Å². The van der Waals surface area contributed by atoms with E-state index in [1.54, 1.807) is 23.2 Å². The molecule has 2 rings (SSSR count). The van der Waals surface area contributed by atoms with Gasteiger partial charge in [0.05, 0.1) is 12.2 Å². The lowest BCUT2D eigenvalue weighted by atomic mass is 10.1. The van der Waals surface area contributed by atoms with Crippen molar-refractivity contribution in [2.45, 2.75) is 32.8 Å². The maximum absolute atomic E-state index is 12.0. The van der Waals surface area contributed by atoms with Crippen molar-refractivity contribution in [3.8, 4) is 5.88 Å². The van der Waals surface area contributed by atoms with E-state index in [0.717, 1.165) is 12.7 Å². The molecule has 0 aliphatic carbocycles. The molecule has 0 spiro atoms. The van der Waals surface area contributed by atoms with Crippen molar-refractivity contribution >= 4 is 12.4 Å². The maximum atomic E-state index is 12.0. The number of ether oxygens (including phenoxy) is 2. The van der Waals surface area contributed by atoms with Gasteiger partial charge in [0.15, 0.2) is 6.29 Å². The van der Waals surface area contributed by atoms with Crippen LogP contribution >= 0.6 is 0 Å². The monoisotopic (exact) mass is 306 g/mol. The lowest BCUT2D eigenvalue weighted by Crippen LogP contribution is -2.35. The van der Waals surface area contributed by atoms with Gasteiger partial charge in [0.25, 0.3) is 0 Å². The second-order valence-electron chi connectivity index (χ2n) is 6.41. The number of hydrogen-bond donors (Lipinski definition) is 0. The largest absolute Gasteiger partial charge is 0.477 e. The molecule has 120 valence electrons. The fraction of sp³-hybridized carbons (Fsp3) is 0.562. The molecule has 0 saturated carbocycles. The molecule has 0 aromatic carbocycles. The van der Waals surface area contributed by atoms with Crippen LogP contribution in [0.3, 0.4) is 0 Å². The van der Waals surface area contributed by atoms with Gasteiger partial charge < -0.3 is 14.4 Å². The summed E-state index contributed by atoms with van der Waals surface area (Å²) in [6.07, 6.45) is 2.87. The maximum Gasteiger partial charge on any atom is 0.410 e. The molecule has 1 amide bonds. The predicted octanol–water partition coefficient (Wildman–Crippen LogP) is 2.53. The Morgan fingerprint density at radius 1 is 1.50 bits per heavy atom. The Hall–Kier alpha value is -2.11.